The van der Waals surface area contributed by atoms with Crippen LogP contribution in [0.1, 0.15) is 11.1 Å². The van der Waals surface area contributed by atoms with Gasteiger partial charge in [-0.2, -0.15) is 0 Å². The third-order valence-corrected chi connectivity index (χ3v) is 3.22. The van der Waals surface area contributed by atoms with Gasteiger partial charge in [0.1, 0.15) is 0 Å². The monoisotopic (exact) mass is 276 g/mol. The van der Waals surface area contributed by atoms with E-state index in [4.69, 9.17) is 0 Å². The molecule has 0 saturated carbocycles. The zero-order valence-corrected chi connectivity index (χ0v) is 11.1. The number of rotatable bonds is 3. The predicted molar refractivity (Wildman–Crippen MR) is 83.8 cm³/mol. The predicted octanol–water partition coefficient (Wildman–Crippen LogP) is 4.31. The summed E-state index contributed by atoms with van der Waals surface area (Å²) in [5, 5.41) is 11.8. The Hall–Kier alpha value is -3.01. The molecule has 1 aromatic heterocycles. The number of benzene rings is 2. The van der Waals surface area contributed by atoms with Crippen LogP contribution in [0.15, 0.2) is 60.8 Å². The highest BCUT2D eigenvalue weighted by molar-refractivity contribution is 5.90. The summed E-state index contributed by atoms with van der Waals surface area (Å²) in [6.07, 6.45) is 5.58. The molecule has 0 spiro atoms. The van der Waals surface area contributed by atoms with Gasteiger partial charge in [0.15, 0.2) is 0 Å². The number of non-ortho nitro benzene ring substituents is 1. The molecule has 0 atom stereocenters. The SMILES string of the molecule is O=[N+]([O-])c1cccc(/C=C\c2ccnc3ccccc23)c1. The van der Waals surface area contributed by atoms with E-state index in [0.717, 1.165) is 22.0 Å². The average molecular weight is 276 g/mol. The quantitative estimate of drug-likeness (QED) is 0.529. The minimum atomic E-state index is -0.390. The number of hydrogen-bond donors (Lipinski definition) is 0. The van der Waals surface area contributed by atoms with Gasteiger partial charge in [-0.15, -0.1) is 0 Å². The smallest absolute Gasteiger partial charge is 0.258 e. The molecular weight excluding hydrogens is 264 g/mol. The van der Waals surface area contributed by atoms with Crippen molar-refractivity contribution in [3.63, 3.8) is 0 Å². The van der Waals surface area contributed by atoms with E-state index >= 15 is 0 Å². The summed E-state index contributed by atoms with van der Waals surface area (Å²) in [5.41, 5.74) is 2.85. The standard InChI is InChI=1S/C17H12N2O2/c20-19(21)15-5-3-4-13(12-15)8-9-14-10-11-18-17-7-2-1-6-16(14)17/h1-12H/b9-8-. The van der Waals surface area contributed by atoms with Gasteiger partial charge in [-0.05, 0) is 23.3 Å². The van der Waals surface area contributed by atoms with Gasteiger partial charge in [-0.3, -0.25) is 15.1 Å². The molecule has 0 radical (unpaired) electrons. The molecule has 21 heavy (non-hydrogen) atoms. The van der Waals surface area contributed by atoms with Crippen molar-refractivity contribution in [2.24, 2.45) is 0 Å². The van der Waals surface area contributed by atoms with E-state index in [-0.39, 0.29) is 10.6 Å². The van der Waals surface area contributed by atoms with Crippen LogP contribution in [0, 0.1) is 10.1 Å². The maximum atomic E-state index is 10.8. The number of aromatic nitrogens is 1. The van der Waals surface area contributed by atoms with Crippen LogP contribution >= 0.6 is 0 Å². The van der Waals surface area contributed by atoms with Gasteiger partial charge in [0.05, 0.1) is 10.4 Å². The van der Waals surface area contributed by atoms with Crippen molar-refractivity contribution in [2.75, 3.05) is 0 Å². The largest absolute Gasteiger partial charge is 0.270 e. The first-order valence-corrected chi connectivity index (χ1v) is 6.50. The molecule has 0 N–H and O–H groups in total. The summed E-state index contributed by atoms with van der Waals surface area (Å²) in [6.45, 7) is 0. The van der Waals surface area contributed by atoms with Crippen molar-refractivity contribution in [1.82, 2.24) is 4.98 Å². The lowest BCUT2D eigenvalue weighted by Crippen LogP contribution is -1.87. The maximum Gasteiger partial charge on any atom is 0.270 e. The normalized spacial score (nSPS) is 11.0. The highest BCUT2D eigenvalue weighted by atomic mass is 16.6. The van der Waals surface area contributed by atoms with E-state index in [0.29, 0.717) is 0 Å². The van der Waals surface area contributed by atoms with Gasteiger partial charge in [0.2, 0.25) is 0 Å². The molecular formula is C17H12N2O2. The van der Waals surface area contributed by atoms with Gasteiger partial charge in [-0.25, -0.2) is 0 Å². The Labute approximate surface area is 121 Å². The average Bonchev–Trinajstić information content (AvgIpc) is 2.53. The fraction of sp³-hybridized carbons (Fsp3) is 0. The summed E-state index contributed by atoms with van der Waals surface area (Å²) < 4.78 is 0. The summed E-state index contributed by atoms with van der Waals surface area (Å²) >= 11 is 0. The second-order valence-corrected chi connectivity index (χ2v) is 4.60. The first kappa shape index (κ1) is 13.0. The van der Waals surface area contributed by atoms with E-state index < -0.39 is 0 Å². The number of fused-ring (bicyclic) bond motifs is 1. The van der Waals surface area contributed by atoms with E-state index in [9.17, 15) is 10.1 Å². The molecule has 4 heteroatoms. The molecule has 3 aromatic rings. The molecule has 102 valence electrons. The lowest BCUT2D eigenvalue weighted by Gasteiger charge is -2.01. The molecule has 1 heterocycles. The lowest BCUT2D eigenvalue weighted by atomic mass is 10.1. The van der Waals surface area contributed by atoms with Gasteiger partial charge in [-0.1, -0.05) is 42.5 Å². The number of nitrogens with zero attached hydrogens (tertiary/aromatic N) is 2. The first-order chi connectivity index (χ1) is 10.2. The number of pyridine rings is 1. The molecule has 0 fully saturated rings. The van der Waals surface area contributed by atoms with Crippen molar-refractivity contribution < 1.29 is 4.92 Å². The summed E-state index contributed by atoms with van der Waals surface area (Å²) in [4.78, 5) is 14.7. The highest BCUT2D eigenvalue weighted by Gasteiger charge is 2.04. The molecule has 0 amide bonds. The van der Waals surface area contributed by atoms with Gasteiger partial charge in [0.25, 0.3) is 5.69 Å². The second kappa shape index (κ2) is 5.54. The van der Waals surface area contributed by atoms with Crippen molar-refractivity contribution in [2.45, 2.75) is 0 Å². The Kier molecular flexibility index (Phi) is 3.43. The van der Waals surface area contributed by atoms with E-state index in [1.54, 1.807) is 18.3 Å². The molecule has 2 aromatic carbocycles. The van der Waals surface area contributed by atoms with Crippen LogP contribution in [-0.2, 0) is 0 Å². The molecule has 3 rings (SSSR count). The third kappa shape index (κ3) is 2.79. The van der Waals surface area contributed by atoms with Gasteiger partial charge >= 0.3 is 0 Å². The molecule has 4 nitrogen and oxygen atoms in total. The fourth-order valence-electron chi connectivity index (χ4n) is 2.19. The minimum Gasteiger partial charge on any atom is -0.258 e. The van der Waals surface area contributed by atoms with Crippen molar-refractivity contribution in [3.8, 4) is 0 Å². The van der Waals surface area contributed by atoms with E-state index in [1.165, 1.54) is 6.07 Å². The van der Waals surface area contributed by atoms with Crippen LogP contribution in [-0.4, -0.2) is 9.91 Å². The Morgan fingerprint density at radius 1 is 1.00 bits per heavy atom. The van der Waals surface area contributed by atoms with Gasteiger partial charge in [0, 0.05) is 23.7 Å². The number of para-hydroxylation sites is 1. The van der Waals surface area contributed by atoms with Gasteiger partial charge < -0.3 is 0 Å². The Morgan fingerprint density at radius 2 is 1.86 bits per heavy atom. The summed E-state index contributed by atoms with van der Waals surface area (Å²) in [5.74, 6) is 0. The lowest BCUT2D eigenvalue weighted by molar-refractivity contribution is -0.384. The molecule has 0 bridgehead atoms. The molecule has 0 aliphatic heterocycles. The van der Waals surface area contributed by atoms with Crippen molar-refractivity contribution in [1.29, 1.82) is 0 Å². The van der Waals surface area contributed by atoms with Crippen LogP contribution in [0.3, 0.4) is 0 Å². The van der Waals surface area contributed by atoms with E-state index in [1.807, 2.05) is 48.6 Å². The summed E-state index contributed by atoms with van der Waals surface area (Å²) in [7, 11) is 0. The van der Waals surface area contributed by atoms with Crippen LogP contribution in [0.2, 0.25) is 0 Å². The first-order valence-electron chi connectivity index (χ1n) is 6.50. The summed E-state index contributed by atoms with van der Waals surface area (Å²) in [6, 6.07) is 16.4. The Bertz CT molecular complexity index is 836. The fourth-order valence-corrected chi connectivity index (χ4v) is 2.19. The molecule has 0 aliphatic carbocycles. The van der Waals surface area contributed by atoms with Crippen LogP contribution < -0.4 is 0 Å². The van der Waals surface area contributed by atoms with E-state index in [2.05, 4.69) is 4.98 Å². The van der Waals surface area contributed by atoms with Crippen LogP contribution in [0.25, 0.3) is 23.1 Å². The number of hydrogen-bond acceptors (Lipinski definition) is 3. The second-order valence-electron chi connectivity index (χ2n) is 4.60. The number of nitro groups is 1. The highest BCUT2D eigenvalue weighted by Crippen LogP contribution is 2.20. The zero-order chi connectivity index (χ0) is 14.7. The van der Waals surface area contributed by atoms with Crippen LogP contribution in [0.5, 0.6) is 0 Å². The molecule has 0 saturated heterocycles. The van der Waals surface area contributed by atoms with Crippen molar-refractivity contribution >= 4 is 28.7 Å². The topological polar surface area (TPSA) is 56.0 Å². The molecule has 0 unspecified atom stereocenters. The maximum absolute atomic E-state index is 10.8. The van der Waals surface area contributed by atoms with Crippen LogP contribution in [0.4, 0.5) is 5.69 Å². The zero-order valence-electron chi connectivity index (χ0n) is 11.1. The van der Waals surface area contributed by atoms with Crippen molar-refractivity contribution in [3.05, 3.63) is 82.0 Å². The Balaban J connectivity index is 1.98. The molecule has 0 aliphatic rings. The number of nitro benzene ring substituents is 1. The third-order valence-electron chi connectivity index (χ3n) is 3.22. The Morgan fingerprint density at radius 3 is 2.71 bits per heavy atom. The minimum absolute atomic E-state index is 0.0942.